The SMILES string of the molecule is CC1(C)CC[C@@]2(C)C3CCC4=C(CCC5(CCCO5)C4)C3=CCC12. The third-order valence-corrected chi connectivity index (χ3v) is 8.85. The zero-order valence-corrected chi connectivity index (χ0v) is 15.9. The van der Waals surface area contributed by atoms with E-state index in [-0.39, 0.29) is 5.60 Å². The minimum absolute atomic E-state index is 0.239. The molecular formula is C23H34O. The maximum Gasteiger partial charge on any atom is 0.0723 e. The molecule has 1 heteroatoms. The van der Waals surface area contributed by atoms with Crippen LogP contribution in [-0.2, 0) is 4.74 Å². The second-order valence-corrected chi connectivity index (χ2v) is 10.4. The second-order valence-electron chi connectivity index (χ2n) is 10.4. The highest BCUT2D eigenvalue weighted by molar-refractivity contribution is 5.45. The lowest BCUT2D eigenvalue weighted by molar-refractivity contribution is -0.00915. The van der Waals surface area contributed by atoms with E-state index < -0.39 is 0 Å². The van der Waals surface area contributed by atoms with Crippen molar-refractivity contribution in [2.45, 2.75) is 90.6 Å². The predicted molar refractivity (Wildman–Crippen MR) is 98.8 cm³/mol. The fourth-order valence-electron chi connectivity index (χ4n) is 7.51. The fourth-order valence-corrected chi connectivity index (χ4v) is 7.51. The van der Waals surface area contributed by atoms with Crippen molar-refractivity contribution in [3.63, 3.8) is 0 Å². The first kappa shape index (κ1) is 15.7. The van der Waals surface area contributed by atoms with Crippen molar-refractivity contribution in [1.29, 1.82) is 0 Å². The van der Waals surface area contributed by atoms with Gasteiger partial charge in [-0.15, -0.1) is 0 Å². The Balaban J connectivity index is 1.49. The van der Waals surface area contributed by atoms with Crippen LogP contribution in [0.1, 0.15) is 85.0 Å². The number of hydrogen-bond donors (Lipinski definition) is 0. The first-order valence-corrected chi connectivity index (χ1v) is 10.5. The van der Waals surface area contributed by atoms with Crippen LogP contribution < -0.4 is 0 Å². The Hall–Kier alpha value is -0.560. The van der Waals surface area contributed by atoms with E-state index in [0.717, 1.165) is 18.4 Å². The summed E-state index contributed by atoms with van der Waals surface area (Å²) in [7, 11) is 0. The lowest BCUT2D eigenvalue weighted by Gasteiger charge is -2.51. The number of allylic oxidation sites excluding steroid dienone is 3. The summed E-state index contributed by atoms with van der Waals surface area (Å²) in [5, 5.41) is 0. The van der Waals surface area contributed by atoms with Crippen LogP contribution in [0.4, 0.5) is 0 Å². The van der Waals surface area contributed by atoms with Gasteiger partial charge in [-0.3, -0.25) is 0 Å². The Morgan fingerprint density at radius 3 is 2.71 bits per heavy atom. The van der Waals surface area contributed by atoms with Crippen LogP contribution in [0.25, 0.3) is 0 Å². The van der Waals surface area contributed by atoms with Gasteiger partial charge in [-0.2, -0.15) is 0 Å². The summed E-state index contributed by atoms with van der Waals surface area (Å²) >= 11 is 0. The van der Waals surface area contributed by atoms with Gasteiger partial charge in [-0.1, -0.05) is 32.4 Å². The zero-order valence-electron chi connectivity index (χ0n) is 15.9. The number of hydrogen-bond acceptors (Lipinski definition) is 1. The number of ether oxygens (including phenoxy) is 1. The molecule has 0 amide bonds. The average molecular weight is 327 g/mol. The van der Waals surface area contributed by atoms with Crippen molar-refractivity contribution in [2.24, 2.45) is 22.7 Å². The Labute approximate surface area is 147 Å². The van der Waals surface area contributed by atoms with E-state index in [2.05, 4.69) is 26.8 Å². The van der Waals surface area contributed by atoms with Crippen molar-refractivity contribution in [3.8, 4) is 0 Å². The van der Waals surface area contributed by atoms with Crippen LogP contribution in [-0.4, -0.2) is 12.2 Å². The first-order valence-electron chi connectivity index (χ1n) is 10.5. The summed E-state index contributed by atoms with van der Waals surface area (Å²) in [4.78, 5) is 0. The molecule has 5 rings (SSSR count). The van der Waals surface area contributed by atoms with E-state index >= 15 is 0 Å². The fraction of sp³-hybridized carbons (Fsp3) is 0.826. The lowest BCUT2D eigenvalue weighted by atomic mass is 9.54. The van der Waals surface area contributed by atoms with E-state index in [1.54, 1.807) is 16.7 Å². The molecule has 132 valence electrons. The van der Waals surface area contributed by atoms with E-state index in [4.69, 9.17) is 4.74 Å². The third-order valence-electron chi connectivity index (χ3n) is 8.85. The molecule has 2 fully saturated rings. The van der Waals surface area contributed by atoms with Crippen molar-refractivity contribution in [1.82, 2.24) is 0 Å². The smallest absolute Gasteiger partial charge is 0.0723 e. The van der Waals surface area contributed by atoms with E-state index in [0.29, 0.717) is 10.8 Å². The first-order chi connectivity index (χ1) is 11.4. The van der Waals surface area contributed by atoms with Crippen LogP contribution in [0.2, 0.25) is 0 Å². The van der Waals surface area contributed by atoms with Gasteiger partial charge in [0.25, 0.3) is 0 Å². The summed E-state index contributed by atoms with van der Waals surface area (Å²) in [6.07, 6.45) is 16.1. The number of rotatable bonds is 0. The highest BCUT2D eigenvalue weighted by Gasteiger charge is 2.56. The monoisotopic (exact) mass is 326 g/mol. The lowest BCUT2D eigenvalue weighted by Crippen LogP contribution is -2.42. The third kappa shape index (κ3) is 2.03. The average Bonchev–Trinajstić information content (AvgIpc) is 3.10. The minimum atomic E-state index is 0.239. The molecule has 1 saturated carbocycles. The highest BCUT2D eigenvalue weighted by Crippen LogP contribution is 2.65. The Bertz CT molecular complexity index is 616. The van der Waals surface area contributed by atoms with Crippen molar-refractivity contribution >= 4 is 0 Å². The molecule has 0 radical (unpaired) electrons. The van der Waals surface area contributed by atoms with Gasteiger partial charge in [0.2, 0.25) is 0 Å². The Kier molecular flexibility index (Phi) is 3.26. The van der Waals surface area contributed by atoms with Gasteiger partial charge in [0, 0.05) is 6.61 Å². The summed E-state index contributed by atoms with van der Waals surface area (Å²) in [6, 6.07) is 0. The van der Waals surface area contributed by atoms with Gasteiger partial charge < -0.3 is 4.74 Å². The van der Waals surface area contributed by atoms with Crippen LogP contribution in [0.5, 0.6) is 0 Å². The molecule has 0 aromatic carbocycles. The molecule has 24 heavy (non-hydrogen) atoms. The van der Waals surface area contributed by atoms with E-state index in [1.807, 2.05) is 0 Å². The molecule has 3 unspecified atom stereocenters. The summed E-state index contributed by atoms with van der Waals surface area (Å²) < 4.78 is 6.23. The number of fused-ring (bicyclic) bond motifs is 4. The Morgan fingerprint density at radius 1 is 1.04 bits per heavy atom. The normalized spacial score (nSPS) is 46.5. The van der Waals surface area contributed by atoms with Crippen LogP contribution >= 0.6 is 0 Å². The maximum absolute atomic E-state index is 6.23. The zero-order chi connectivity index (χ0) is 16.6. The molecule has 0 bridgehead atoms. The van der Waals surface area contributed by atoms with E-state index in [9.17, 15) is 0 Å². The molecule has 4 aliphatic carbocycles. The van der Waals surface area contributed by atoms with E-state index in [1.165, 1.54) is 64.2 Å². The highest BCUT2D eigenvalue weighted by atomic mass is 16.5. The molecule has 5 aliphatic rings. The topological polar surface area (TPSA) is 9.23 Å². The minimum Gasteiger partial charge on any atom is -0.375 e. The van der Waals surface area contributed by atoms with Crippen molar-refractivity contribution in [2.75, 3.05) is 6.61 Å². The van der Waals surface area contributed by atoms with Crippen LogP contribution in [0.15, 0.2) is 22.8 Å². The molecule has 1 nitrogen and oxygen atoms in total. The van der Waals surface area contributed by atoms with Crippen molar-refractivity contribution < 1.29 is 4.74 Å². The quantitative estimate of drug-likeness (QED) is 0.515. The van der Waals surface area contributed by atoms with Gasteiger partial charge in [-0.05, 0) is 98.0 Å². The van der Waals surface area contributed by atoms with Gasteiger partial charge in [-0.25, -0.2) is 0 Å². The van der Waals surface area contributed by atoms with Gasteiger partial charge in [0.1, 0.15) is 0 Å². The van der Waals surface area contributed by atoms with Crippen molar-refractivity contribution in [3.05, 3.63) is 22.8 Å². The molecule has 0 N–H and O–H groups in total. The molecule has 1 saturated heterocycles. The van der Waals surface area contributed by atoms with Crippen LogP contribution in [0.3, 0.4) is 0 Å². The largest absolute Gasteiger partial charge is 0.375 e. The standard InChI is InChI=1S/C23H34O/c1-21(2)12-13-22(3)19-7-5-16-15-23(10-4-14-24-23)11-9-17(16)18(19)6-8-20(21)22/h6,19-20H,4-5,7-15H2,1-3H3/t19?,20?,22-,23?/m0/s1. The molecule has 1 spiro atoms. The Morgan fingerprint density at radius 2 is 1.92 bits per heavy atom. The molecule has 0 aromatic rings. The second kappa shape index (κ2) is 5.00. The molecule has 4 atom stereocenters. The molecular weight excluding hydrogens is 292 g/mol. The predicted octanol–water partition coefficient (Wildman–Crippen LogP) is 6.20. The van der Waals surface area contributed by atoms with Gasteiger partial charge in [0.05, 0.1) is 5.60 Å². The maximum atomic E-state index is 6.23. The molecule has 1 heterocycles. The summed E-state index contributed by atoms with van der Waals surface area (Å²) in [5.74, 6) is 1.74. The van der Waals surface area contributed by atoms with Crippen LogP contribution in [0, 0.1) is 22.7 Å². The molecule has 0 aromatic heterocycles. The molecule has 1 aliphatic heterocycles. The van der Waals surface area contributed by atoms with Gasteiger partial charge >= 0.3 is 0 Å². The summed E-state index contributed by atoms with van der Waals surface area (Å²) in [6.45, 7) is 8.69. The van der Waals surface area contributed by atoms with Gasteiger partial charge in [0.15, 0.2) is 0 Å². The summed E-state index contributed by atoms with van der Waals surface area (Å²) in [5.41, 5.74) is 6.70.